The van der Waals surface area contributed by atoms with Crippen molar-refractivity contribution in [1.82, 2.24) is 0 Å². The van der Waals surface area contributed by atoms with Crippen molar-refractivity contribution in [2.24, 2.45) is 5.73 Å². The van der Waals surface area contributed by atoms with Crippen molar-refractivity contribution < 1.29 is 4.74 Å². The third kappa shape index (κ3) is 2.84. The Balaban J connectivity index is 2.18. The summed E-state index contributed by atoms with van der Waals surface area (Å²) in [5.74, 6) is 0.0850. The van der Waals surface area contributed by atoms with Gasteiger partial charge in [0, 0.05) is 28.8 Å². The molecule has 5 heteroatoms. The smallest absolute Gasteiger partial charge is 0.123 e. The first-order chi connectivity index (χ1) is 8.61. The van der Waals surface area contributed by atoms with Gasteiger partial charge in [0.25, 0.3) is 0 Å². The second-order valence-electron chi connectivity index (χ2n) is 4.42. The van der Waals surface area contributed by atoms with Crippen molar-refractivity contribution in [3.8, 4) is 0 Å². The lowest BCUT2D eigenvalue weighted by Crippen LogP contribution is -2.42. The van der Waals surface area contributed by atoms with Crippen LogP contribution in [0.25, 0.3) is 0 Å². The molecule has 0 aliphatic carbocycles. The third-order valence-electron chi connectivity index (χ3n) is 3.20. The molecule has 0 amide bonds. The van der Waals surface area contributed by atoms with Crippen molar-refractivity contribution in [3.05, 3.63) is 28.2 Å². The Hall–Kier alpha value is -1.07. The highest BCUT2D eigenvalue weighted by molar-refractivity contribution is 9.10. The quantitative estimate of drug-likeness (QED) is 0.665. The maximum Gasteiger partial charge on any atom is 0.123 e. The van der Waals surface area contributed by atoms with Crippen LogP contribution in [0, 0.1) is 5.41 Å². The van der Waals surface area contributed by atoms with Gasteiger partial charge >= 0.3 is 0 Å². The molecule has 1 saturated heterocycles. The number of rotatable bonds is 3. The van der Waals surface area contributed by atoms with Gasteiger partial charge in [0.05, 0.1) is 12.7 Å². The van der Waals surface area contributed by atoms with Gasteiger partial charge in [0.15, 0.2) is 0 Å². The van der Waals surface area contributed by atoms with Gasteiger partial charge in [-0.25, -0.2) is 0 Å². The standard InChI is InChI=1S/C13H18BrN3O/c1-2-10-8-17(5-6-18-10)9-3-4-11(13(15)16)12(14)7-9/h3-4,7,10H,2,5-6,8H2,1H3,(H3,15,16). The molecular formula is C13H18BrN3O. The predicted molar refractivity (Wildman–Crippen MR) is 77.4 cm³/mol. The number of benzene rings is 1. The fourth-order valence-corrected chi connectivity index (χ4v) is 2.70. The molecule has 0 bridgehead atoms. The van der Waals surface area contributed by atoms with Crippen LogP contribution in [-0.2, 0) is 4.74 Å². The second-order valence-corrected chi connectivity index (χ2v) is 5.28. The van der Waals surface area contributed by atoms with Gasteiger partial charge in [-0.05, 0) is 40.5 Å². The average molecular weight is 312 g/mol. The molecule has 2 rings (SSSR count). The van der Waals surface area contributed by atoms with Crippen molar-refractivity contribution in [3.63, 3.8) is 0 Å². The zero-order chi connectivity index (χ0) is 13.1. The summed E-state index contributed by atoms with van der Waals surface area (Å²) in [7, 11) is 0. The Bertz CT molecular complexity index is 450. The topological polar surface area (TPSA) is 62.3 Å². The van der Waals surface area contributed by atoms with Crippen LogP contribution in [0.2, 0.25) is 0 Å². The number of nitrogen functional groups attached to an aromatic ring is 1. The lowest BCUT2D eigenvalue weighted by atomic mass is 10.1. The first-order valence-corrected chi connectivity index (χ1v) is 6.91. The van der Waals surface area contributed by atoms with E-state index in [2.05, 4.69) is 27.8 Å². The number of nitrogens with one attached hydrogen (secondary N) is 1. The Labute approximate surface area is 116 Å². The van der Waals surface area contributed by atoms with Gasteiger partial charge in [-0.3, -0.25) is 5.41 Å². The van der Waals surface area contributed by atoms with E-state index in [0.29, 0.717) is 6.10 Å². The molecule has 1 heterocycles. The normalized spacial score (nSPS) is 19.9. The van der Waals surface area contributed by atoms with E-state index in [1.807, 2.05) is 18.2 Å². The number of ether oxygens (including phenoxy) is 1. The van der Waals surface area contributed by atoms with E-state index in [-0.39, 0.29) is 5.84 Å². The Morgan fingerprint density at radius 1 is 1.61 bits per heavy atom. The van der Waals surface area contributed by atoms with Gasteiger partial charge in [-0.15, -0.1) is 0 Å². The number of hydrogen-bond donors (Lipinski definition) is 2. The summed E-state index contributed by atoms with van der Waals surface area (Å²) in [5, 5.41) is 7.47. The Morgan fingerprint density at radius 2 is 2.39 bits per heavy atom. The summed E-state index contributed by atoms with van der Waals surface area (Å²) >= 11 is 3.47. The van der Waals surface area contributed by atoms with E-state index >= 15 is 0 Å². The van der Waals surface area contributed by atoms with Crippen molar-refractivity contribution >= 4 is 27.5 Å². The highest BCUT2D eigenvalue weighted by Crippen LogP contribution is 2.25. The molecule has 1 unspecified atom stereocenters. The zero-order valence-corrected chi connectivity index (χ0v) is 12.0. The first-order valence-electron chi connectivity index (χ1n) is 6.12. The third-order valence-corrected chi connectivity index (χ3v) is 3.86. The van der Waals surface area contributed by atoms with Crippen LogP contribution in [0.15, 0.2) is 22.7 Å². The number of nitrogens with zero attached hydrogens (tertiary/aromatic N) is 1. The fraction of sp³-hybridized carbons (Fsp3) is 0.462. The summed E-state index contributed by atoms with van der Waals surface area (Å²) in [6, 6.07) is 5.92. The first kappa shape index (κ1) is 13.4. The molecule has 1 aromatic rings. The SMILES string of the molecule is CCC1CN(c2ccc(C(=N)N)c(Br)c2)CCO1. The molecule has 0 spiro atoms. The maximum absolute atomic E-state index is 7.47. The molecule has 1 aromatic carbocycles. The van der Waals surface area contributed by atoms with Crippen LogP contribution in [-0.4, -0.2) is 31.6 Å². The lowest BCUT2D eigenvalue weighted by Gasteiger charge is -2.34. The zero-order valence-electron chi connectivity index (χ0n) is 10.4. The highest BCUT2D eigenvalue weighted by atomic mass is 79.9. The summed E-state index contributed by atoms with van der Waals surface area (Å²) in [4.78, 5) is 2.31. The van der Waals surface area contributed by atoms with E-state index in [4.69, 9.17) is 15.9 Å². The largest absolute Gasteiger partial charge is 0.384 e. The van der Waals surface area contributed by atoms with E-state index in [9.17, 15) is 0 Å². The molecular weight excluding hydrogens is 294 g/mol. The Kier molecular flexibility index (Phi) is 4.24. The lowest BCUT2D eigenvalue weighted by molar-refractivity contribution is 0.0384. The number of amidine groups is 1. The molecule has 1 atom stereocenters. The molecule has 1 aliphatic rings. The average Bonchev–Trinajstić information content (AvgIpc) is 2.38. The summed E-state index contributed by atoms with van der Waals surface area (Å²) in [6.07, 6.45) is 1.34. The van der Waals surface area contributed by atoms with Gasteiger partial charge in [-0.2, -0.15) is 0 Å². The van der Waals surface area contributed by atoms with Gasteiger partial charge in [0.2, 0.25) is 0 Å². The maximum atomic E-state index is 7.47. The Morgan fingerprint density at radius 3 is 3.00 bits per heavy atom. The van der Waals surface area contributed by atoms with Crippen molar-refractivity contribution in [2.45, 2.75) is 19.4 Å². The molecule has 1 aliphatic heterocycles. The van der Waals surface area contributed by atoms with Crippen LogP contribution in [0.5, 0.6) is 0 Å². The fourth-order valence-electron chi connectivity index (χ4n) is 2.12. The van der Waals surface area contributed by atoms with Gasteiger partial charge in [0.1, 0.15) is 5.84 Å². The van der Waals surface area contributed by atoms with Crippen molar-refractivity contribution in [2.75, 3.05) is 24.6 Å². The van der Waals surface area contributed by atoms with Crippen molar-refractivity contribution in [1.29, 1.82) is 5.41 Å². The number of nitrogens with two attached hydrogens (primary N) is 1. The predicted octanol–water partition coefficient (Wildman–Crippen LogP) is 2.35. The van der Waals surface area contributed by atoms with E-state index in [0.717, 1.165) is 41.8 Å². The molecule has 0 aromatic heterocycles. The minimum Gasteiger partial charge on any atom is -0.384 e. The minimum atomic E-state index is 0.0850. The number of halogens is 1. The number of anilines is 1. The molecule has 98 valence electrons. The molecule has 0 radical (unpaired) electrons. The summed E-state index contributed by atoms with van der Waals surface area (Å²) in [6.45, 7) is 4.73. The summed E-state index contributed by atoms with van der Waals surface area (Å²) in [5.41, 5.74) is 7.39. The van der Waals surface area contributed by atoms with E-state index in [1.54, 1.807) is 0 Å². The van der Waals surface area contributed by atoms with Crippen LogP contribution in [0.4, 0.5) is 5.69 Å². The van der Waals surface area contributed by atoms with Crippen LogP contribution >= 0.6 is 15.9 Å². The number of morpholine rings is 1. The number of hydrogen-bond acceptors (Lipinski definition) is 3. The van der Waals surface area contributed by atoms with Crippen LogP contribution < -0.4 is 10.6 Å². The van der Waals surface area contributed by atoms with Gasteiger partial charge in [-0.1, -0.05) is 6.92 Å². The van der Waals surface area contributed by atoms with Crippen LogP contribution in [0.3, 0.4) is 0 Å². The molecule has 18 heavy (non-hydrogen) atoms. The molecule has 3 N–H and O–H groups in total. The van der Waals surface area contributed by atoms with Crippen LogP contribution in [0.1, 0.15) is 18.9 Å². The summed E-state index contributed by atoms with van der Waals surface area (Å²) < 4.78 is 6.53. The molecule has 4 nitrogen and oxygen atoms in total. The highest BCUT2D eigenvalue weighted by Gasteiger charge is 2.19. The molecule has 0 saturated carbocycles. The van der Waals surface area contributed by atoms with Gasteiger partial charge < -0.3 is 15.4 Å². The second kappa shape index (κ2) is 5.71. The van der Waals surface area contributed by atoms with E-state index in [1.165, 1.54) is 0 Å². The molecule has 1 fully saturated rings. The minimum absolute atomic E-state index is 0.0850. The monoisotopic (exact) mass is 311 g/mol. The van der Waals surface area contributed by atoms with E-state index < -0.39 is 0 Å².